The summed E-state index contributed by atoms with van der Waals surface area (Å²) in [5.74, 6) is -0.681. The van der Waals surface area contributed by atoms with Crippen molar-refractivity contribution < 1.29 is 19.1 Å². The molecule has 7 nitrogen and oxygen atoms in total. The number of nitrogens with zero attached hydrogens (tertiary/aromatic N) is 1. The van der Waals surface area contributed by atoms with Crippen molar-refractivity contribution in [2.24, 2.45) is 0 Å². The standard InChI is InChI=1S/C12H23N3O4/c1-10(16)14-11(12(17)18-2)9-13-3-4-15-5-7-19-8-6-15/h11,13H,3-9H2,1-2H3,(H,14,16). The van der Waals surface area contributed by atoms with Crippen molar-refractivity contribution in [2.45, 2.75) is 13.0 Å². The third-order valence-corrected chi connectivity index (χ3v) is 2.92. The summed E-state index contributed by atoms with van der Waals surface area (Å²) in [6.45, 7) is 6.83. The van der Waals surface area contributed by atoms with E-state index in [1.54, 1.807) is 0 Å². The molecule has 1 aliphatic heterocycles. The quantitative estimate of drug-likeness (QED) is 0.438. The van der Waals surface area contributed by atoms with Crippen LogP contribution >= 0.6 is 0 Å². The highest BCUT2D eigenvalue weighted by Crippen LogP contribution is 1.95. The molecule has 0 bridgehead atoms. The molecule has 1 heterocycles. The average Bonchev–Trinajstić information content (AvgIpc) is 2.42. The minimum atomic E-state index is -0.632. The Morgan fingerprint density at radius 2 is 2.05 bits per heavy atom. The maximum Gasteiger partial charge on any atom is 0.329 e. The van der Waals surface area contributed by atoms with Crippen molar-refractivity contribution in [1.82, 2.24) is 15.5 Å². The van der Waals surface area contributed by atoms with Crippen molar-refractivity contribution in [3.63, 3.8) is 0 Å². The van der Waals surface area contributed by atoms with Crippen molar-refractivity contribution in [3.05, 3.63) is 0 Å². The first-order valence-corrected chi connectivity index (χ1v) is 6.49. The third kappa shape index (κ3) is 6.51. The molecule has 1 amide bonds. The van der Waals surface area contributed by atoms with Gasteiger partial charge in [0.25, 0.3) is 0 Å². The smallest absolute Gasteiger partial charge is 0.329 e. The number of amides is 1. The highest BCUT2D eigenvalue weighted by atomic mass is 16.5. The zero-order valence-electron chi connectivity index (χ0n) is 11.6. The van der Waals surface area contributed by atoms with E-state index in [1.165, 1.54) is 14.0 Å². The summed E-state index contributed by atoms with van der Waals surface area (Å²) < 4.78 is 9.90. The molecule has 0 saturated carbocycles. The highest BCUT2D eigenvalue weighted by molar-refractivity contribution is 5.83. The molecule has 0 radical (unpaired) electrons. The van der Waals surface area contributed by atoms with Gasteiger partial charge in [0, 0.05) is 39.6 Å². The van der Waals surface area contributed by atoms with Crippen molar-refractivity contribution in [2.75, 3.05) is 53.0 Å². The maximum atomic E-state index is 11.4. The topological polar surface area (TPSA) is 79.9 Å². The van der Waals surface area contributed by atoms with Crippen LogP contribution in [-0.2, 0) is 19.1 Å². The van der Waals surface area contributed by atoms with Gasteiger partial charge < -0.3 is 20.1 Å². The summed E-state index contributed by atoms with van der Waals surface area (Å²) in [5.41, 5.74) is 0. The van der Waals surface area contributed by atoms with E-state index < -0.39 is 12.0 Å². The van der Waals surface area contributed by atoms with E-state index in [9.17, 15) is 9.59 Å². The molecule has 0 aromatic carbocycles. The first-order valence-electron chi connectivity index (χ1n) is 6.49. The Balaban J connectivity index is 2.19. The Labute approximate surface area is 113 Å². The van der Waals surface area contributed by atoms with E-state index in [2.05, 4.69) is 20.3 Å². The van der Waals surface area contributed by atoms with Gasteiger partial charge in [-0.15, -0.1) is 0 Å². The normalized spacial score (nSPS) is 17.8. The third-order valence-electron chi connectivity index (χ3n) is 2.92. The van der Waals surface area contributed by atoms with Crippen LogP contribution in [0.1, 0.15) is 6.92 Å². The predicted octanol–water partition coefficient (Wildman–Crippen LogP) is -1.41. The first-order chi connectivity index (χ1) is 9.13. The van der Waals surface area contributed by atoms with Crippen LogP contribution in [0.5, 0.6) is 0 Å². The Bertz CT molecular complexity index is 293. The van der Waals surface area contributed by atoms with Crippen molar-refractivity contribution in [3.8, 4) is 0 Å². The maximum absolute atomic E-state index is 11.4. The molecule has 2 N–H and O–H groups in total. The second-order valence-electron chi connectivity index (χ2n) is 4.43. The minimum absolute atomic E-state index is 0.245. The molecule has 0 aromatic rings. The van der Waals surface area contributed by atoms with Gasteiger partial charge in [-0.05, 0) is 0 Å². The van der Waals surface area contributed by atoms with Gasteiger partial charge in [0.05, 0.1) is 20.3 Å². The molecule has 1 fully saturated rings. The number of nitrogens with one attached hydrogen (secondary N) is 2. The molecule has 0 spiro atoms. The molecule has 7 heteroatoms. The molecule has 1 rings (SSSR count). The average molecular weight is 273 g/mol. The lowest BCUT2D eigenvalue weighted by Gasteiger charge is -2.26. The van der Waals surface area contributed by atoms with E-state index in [0.29, 0.717) is 6.54 Å². The predicted molar refractivity (Wildman–Crippen MR) is 69.7 cm³/mol. The van der Waals surface area contributed by atoms with Crippen LogP contribution in [-0.4, -0.2) is 75.9 Å². The second kappa shape index (κ2) is 8.84. The largest absolute Gasteiger partial charge is 0.467 e. The molecule has 1 aliphatic rings. The fourth-order valence-corrected chi connectivity index (χ4v) is 1.89. The number of hydrogen-bond acceptors (Lipinski definition) is 6. The number of hydrogen-bond donors (Lipinski definition) is 2. The highest BCUT2D eigenvalue weighted by Gasteiger charge is 2.19. The Kier molecular flexibility index (Phi) is 7.39. The zero-order chi connectivity index (χ0) is 14.1. The second-order valence-corrected chi connectivity index (χ2v) is 4.43. The van der Waals surface area contributed by atoms with E-state index in [1.807, 2.05) is 0 Å². The molecule has 0 aliphatic carbocycles. The summed E-state index contributed by atoms with van der Waals surface area (Å²) in [6, 6.07) is -0.632. The number of esters is 1. The van der Waals surface area contributed by atoms with E-state index in [4.69, 9.17) is 4.74 Å². The van der Waals surface area contributed by atoms with Crippen LogP contribution in [0, 0.1) is 0 Å². The van der Waals surface area contributed by atoms with Crippen molar-refractivity contribution in [1.29, 1.82) is 0 Å². The van der Waals surface area contributed by atoms with Crippen LogP contribution in [0.15, 0.2) is 0 Å². The lowest BCUT2D eigenvalue weighted by molar-refractivity contribution is -0.144. The fraction of sp³-hybridized carbons (Fsp3) is 0.833. The van der Waals surface area contributed by atoms with Crippen LogP contribution in [0.4, 0.5) is 0 Å². The van der Waals surface area contributed by atoms with Gasteiger partial charge >= 0.3 is 5.97 Å². The van der Waals surface area contributed by atoms with Crippen LogP contribution in [0.3, 0.4) is 0 Å². The van der Waals surface area contributed by atoms with Gasteiger partial charge in [-0.3, -0.25) is 9.69 Å². The molecular weight excluding hydrogens is 250 g/mol. The summed E-state index contributed by atoms with van der Waals surface area (Å²) in [5, 5.41) is 5.71. The molecule has 1 unspecified atom stereocenters. The summed E-state index contributed by atoms with van der Waals surface area (Å²) in [7, 11) is 1.31. The summed E-state index contributed by atoms with van der Waals surface area (Å²) in [6.07, 6.45) is 0. The Morgan fingerprint density at radius 3 is 2.63 bits per heavy atom. The molecular formula is C12H23N3O4. The lowest BCUT2D eigenvalue weighted by atomic mass is 10.3. The van der Waals surface area contributed by atoms with Gasteiger partial charge in [0.1, 0.15) is 6.04 Å². The van der Waals surface area contributed by atoms with Crippen LogP contribution in [0.2, 0.25) is 0 Å². The van der Waals surface area contributed by atoms with Crippen LogP contribution < -0.4 is 10.6 Å². The van der Waals surface area contributed by atoms with Gasteiger partial charge in [-0.1, -0.05) is 0 Å². The number of methoxy groups -OCH3 is 1. The Hall–Kier alpha value is -1.18. The number of carbonyl (C=O) groups is 2. The van der Waals surface area contributed by atoms with E-state index in [-0.39, 0.29) is 5.91 Å². The molecule has 19 heavy (non-hydrogen) atoms. The Morgan fingerprint density at radius 1 is 1.37 bits per heavy atom. The minimum Gasteiger partial charge on any atom is -0.467 e. The number of carbonyl (C=O) groups excluding carboxylic acids is 2. The van der Waals surface area contributed by atoms with Gasteiger partial charge in [-0.25, -0.2) is 4.79 Å². The van der Waals surface area contributed by atoms with Gasteiger partial charge in [0.15, 0.2) is 0 Å². The summed E-state index contributed by atoms with van der Waals surface area (Å²) >= 11 is 0. The molecule has 1 atom stereocenters. The van der Waals surface area contributed by atoms with E-state index >= 15 is 0 Å². The van der Waals surface area contributed by atoms with E-state index in [0.717, 1.165) is 39.4 Å². The number of ether oxygens (including phenoxy) is 2. The molecule has 110 valence electrons. The van der Waals surface area contributed by atoms with Gasteiger partial charge in [-0.2, -0.15) is 0 Å². The lowest BCUT2D eigenvalue weighted by Crippen LogP contribution is -2.48. The number of rotatable bonds is 7. The number of morpholine rings is 1. The molecule has 0 aromatic heterocycles. The zero-order valence-corrected chi connectivity index (χ0v) is 11.6. The monoisotopic (exact) mass is 273 g/mol. The SMILES string of the molecule is COC(=O)C(CNCCN1CCOCC1)NC(C)=O. The fourth-order valence-electron chi connectivity index (χ4n) is 1.89. The van der Waals surface area contributed by atoms with Crippen LogP contribution in [0.25, 0.3) is 0 Å². The first kappa shape index (κ1) is 15.9. The molecule has 1 saturated heterocycles. The van der Waals surface area contributed by atoms with Gasteiger partial charge in [0.2, 0.25) is 5.91 Å². The summed E-state index contributed by atoms with van der Waals surface area (Å²) in [4.78, 5) is 24.7. The van der Waals surface area contributed by atoms with Crippen molar-refractivity contribution >= 4 is 11.9 Å².